The topological polar surface area (TPSA) is 62.3 Å². The number of hydrogen-bond donors (Lipinski definition) is 1. The lowest BCUT2D eigenvalue weighted by Gasteiger charge is -2.32. The number of sulfonamides is 1. The molecular weight excluding hydrogens is 358 g/mol. The van der Waals surface area contributed by atoms with Crippen molar-refractivity contribution in [3.05, 3.63) is 60.7 Å². The van der Waals surface area contributed by atoms with Crippen molar-refractivity contribution in [3.8, 4) is 0 Å². The van der Waals surface area contributed by atoms with Gasteiger partial charge in [0.15, 0.2) is 0 Å². The third kappa shape index (κ3) is 3.68. The van der Waals surface area contributed by atoms with E-state index in [-0.39, 0.29) is 6.04 Å². The van der Waals surface area contributed by atoms with Crippen LogP contribution in [0.5, 0.6) is 0 Å². The van der Waals surface area contributed by atoms with Gasteiger partial charge in [-0.3, -0.25) is 0 Å². The first-order chi connectivity index (χ1) is 13.0. The Labute approximate surface area is 160 Å². The van der Waals surface area contributed by atoms with Crippen LogP contribution in [0.1, 0.15) is 26.2 Å². The largest absolute Gasteiger partial charge is 0.340 e. The molecule has 6 heteroatoms. The second kappa shape index (κ2) is 7.29. The Balaban J connectivity index is 1.64. The Hall–Kier alpha value is -2.44. The maximum Gasteiger partial charge on any atom is 0.243 e. The zero-order valence-electron chi connectivity index (χ0n) is 15.3. The monoisotopic (exact) mass is 381 g/mol. The maximum absolute atomic E-state index is 13.0. The molecule has 4 rings (SSSR count). The van der Waals surface area contributed by atoms with E-state index in [1.165, 1.54) is 0 Å². The quantitative estimate of drug-likeness (QED) is 0.721. The summed E-state index contributed by atoms with van der Waals surface area (Å²) in [4.78, 5) is 4.94. The Bertz CT molecular complexity index is 1050. The standard InChI is InChI=1S/C21H23N3O2S/c1-16-7-5-6-14-24(16)27(25,26)19-11-12-20-17(15-19)10-13-21(23-20)22-18-8-3-2-4-9-18/h2-4,8-13,15-16H,5-7,14H2,1H3,(H,22,23)/t16-/m0/s1. The molecule has 1 N–H and O–H groups in total. The molecule has 0 amide bonds. The highest BCUT2D eigenvalue weighted by molar-refractivity contribution is 7.89. The average Bonchev–Trinajstić information content (AvgIpc) is 2.68. The number of para-hydroxylation sites is 1. The smallest absolute Gasteiger partial charge is 0.243 e. The van der Waals surface area contributed by atoms with Crippen LogP contribution in [0, 0.1) is 0 Å². The number of hydrogen-bond acceptors (Lipinski definition) is 4. The van der Waals surface area contributed by atoms with Gasteiger partial charge >= 0.3 is 0 Å². The second-order valence-electron chi connectivity index (χ2n) is 7.00. The Morgan fingerprint density at radius 3 is 2.63 bits per heavy atom. The van der Waals surface area contributed by atoms with Crippen molar-refractivity contribution < 1.29 is 8.42 Å². The summed E-state index contributed by atoms with van der Waals surface area (Å²) in [5, 5.41) is 4.08. The highest BCUT2D eigenvalue weighted by Gasteiger charge is 2.31. The van der Waals surface area contributed by atoms with Crippen LogP contribution >= 0.6 is 0 Å². The molecule has 1 aliphatic rings. The van der Waals surface area contributed by atoms with Gasteiger partial charge in [0.25, 0.3) is 0 Å². The molecule has 1 aliphatic heterocycles. The van der Waals surface area contributed by atoms with Crippen LogP contribution in [0.15, 0.2) is 65.6 Å². The molecule has 1 saturated heterocycles. The van der Waals surface area contributed by atoms with E-state index >= 15 is 0 Å². The molecule has 0 aliphatic carbocycles. The third-order valence-electron chi connectivity index (χ3n) is 5.06. The van der Waals surface area contributed by atoms with Gasteiger partial charge in [-0.1, -0.05) is 24.6 Å². The van der Waals surface area contributed by atoms with E-state index < -0.39 is 10.0 Å². The molecule has 3 aromatic rings. The van der Waals surface area contributed by atoms with Gasteiger partial charge in [-0.15, -0.1) is 0 Å². The molecule has 140 valence electrons. The van der Waals surface area contributed by atoms with Crippen molar-refractivity contribution in [2.75, 3.05) is 11.9 Å². The SMILES string of the molecule is C[C@H]1CCCCN1S(=O)(=O)c1ccc2nc(Nc3ccccc3)ccc2c1. The molecule has 27 heavy (non-hydrogen) atoms. The van der Waals surface area contributed by atoms with Crippen LogP contribution in [0.25, 0.3) is 10.9 Å². The molecule has 1 atom stereocenters. The first-order valence-electron chi connectivity index (χ1n) is 9.29. The summed E-state index contributed by atoms with van der Waals surface area (Å²) in [6.45, 7) is 2.58. The van der Waals surface area contributed by atoms with Gasteiger partial charge in [0.1, 0.15) is 5.82 Å². The number of benzene rings is 2. The first kappa shape index (κ1) is 17.9. The summed E-state index contributed by atoms with van der Waals surface area (Å²) in [7, 11) is -3.47. The molecule has 0 spiro atoms. The molecule has 2 heterocycles. The van der Waals surface area contributed by atoms with Crippen LogP contribution in [-0.4, -0.2) is 30.3 Å². The predicted molar refractivity (Wildman–Crippen MR) is 109 cm³/mol. The minimum Gasteiger partial charge on any atom is -0.340 e. The number of rotatable bonds is 4. The van der Waals surface area contributed by atoms with Gasteiger partial charge < -0.3 is 5.32 Å². The van der Waals surface area contributed by atoms with Crippen molar-refractivity contribution >= 4 is 32.4 Å². The number of fused-ring (bicyclic) bond motifs is 1. The lowest BCUT2D eigenvalue weighted by Crippen LogP contribution is -2.41. The van der Waals surface area contributed by atoms with E-state index in [0.29, 0.717) is 11.4 Å². The molecule has 1 aromatic heterocycles. The van der Waals surface area contributed by atoms with Crippen molar-refractivity contribution in [2.45, 2.75) is 37.1 Å². The average molecular weight is 382 g/mol. The van der Waals surface area contributed by atoms with E-state index in [9.17, 15) is 8.42 Å². The maximum atomic E-state index is 13.0. The van der Waals surface area contributed by atoms with Crippen LogP contribution in [0.2, 0.25) is 0 Å². The number of pyridine rings is 1. The highest BCUT2D eigenvalue weighted by Crippen LogP contribution is 2.27. The highest BCUT2D eigenvalue weighted by atomic mass is 32.2. The minimum absolute atomic E-state index is 0.0509. The molecule has 0 bridgehead atoms. The fraction of sp³-hybridized carbons (Fsp3) is 0.286. The number of anilines is 2. The van der Waals surface area contributed by atoms with Gasteiger partial charge in [-0.25, -0.2) is 13.4 Å². The molecule has 0 saturated carbocycles. The normalized spacial score (nSPS) is 18.5. The lowest BCUT2D eigenvalue weighted by molar-refractivity contribution is 0.268. The van der Waals surface area contributed by atoms with Crippen LogP contribution in [0.4, 0.5) is 11.5 Å². The fourth-order valence-electron chi connectivity index (χ4n) is 3.57. The Kier molecular flexibility index (Phi) is 4.85. The number of nitrogens with one attached hydrogen (secondary N) is 1. The summed E-state index contributed by atoms with van der Waals surface area (Å²) in [6.07, 6.45) is 2.93. The molecule has 2 aromatic carbocycles. The lowest BCUT2D eigenvalue weighted by atomic mass is 10.1. The fourth-order valence-corrected chi connectivity index (χ4v) is 5.30. The molecule has 0 unspecified atom stereocenters. The van der Waals surface area contributed by atoms with E-state index in [2.05, 4.69) is 10.3 Å². The minimum atomic E-state index is -3.47. The zero-order valence-corrected chi connectivity index (χ0v) is 16.1. The van der Waals surface area contributed by atoms with E-state index in [4.69, 9.17) is 0 Å². The van der Waals surface area contributed by atoms with E-state index in [1.807, 2.05) is 49.4 Å². The Morgan fingerprint density at radius 2 is 1.85 bits per heavy atom. The Morgan fingerprint density at radius 1 is 1.04 bits per heavy atom. The first-order valence-corrected chi connectivity index (χ1v) is 10.7. The molecule has 1 fully saturated rings. The van der Waals surface area contributed by atoms with E-state index in [1.54, 1.807) is 22.5 Å². The van der Waals surface area contributed by atoms with E-state index in [0.717, 1.165) is 41.7 Å². The van der Waals surface area contributed by atoms with Gasteiger partial charge in [0.2, 0.25) is 10.0 Å². The van der Waals surface area contributed by atoms with Crippen molar-refractivity contribution in [3.63, 3.8) is 0 Å². The zero-order chi connectivity index (χ0) is 18.9. The van der Waals surface area contributed by atoms with Crippen molar-refractivity contribution in [1.29, 1.82) is 0 Å². The van der Waals surface area contributed by atoms with Crippen molar-refractivity contribution in [1.82, 2.24) is 9.29 Å². The molecule has 0 radical (unpaired) electrons. The summed E-state index contributed by atoms with van der Waals surface area (Å²) >= 11 is 0. The molecular formula is C21H23N3O2S. The van der Waals surface area contributed by atoms with Gasteiger partial charge in [-0.05, 0) is 62.2 Å². The van der Waals surface area contributed by atoms with Gasteiger partial charge in [-0.2, -0.15) is 4.31 Å². The number of aromatic nitrogens is 1. The number of piperidine rings is 1. The third-order valence-corrected chi connectivity index (χ3v) is 7.07. The number of nitrogens with zero attached hydrogens (tertiary/aromatic N) is 2. The molecule has 5 nitrogen and oxygen atoms in total. The van der Waals surface area contributed by atoms with Crippen LogP contribution in [-0.2, 0) is 10.0 Å². The van der Waals surface area contributed by atoms with Gasteiger partial charge in [0.05, 0.1) is 10.4 Å². The summed E-state index contributed by atoms with van der Waals surface area (Å²) in [6, 6.07) is 18.8. The predicted octanol–water partition coefficient (Wildman–Crippen LogP) is 4.54. The van der Waals surface area contributed by atoms with Gasteiger partial charge in [0, 0.05) is 23.7 Å². The van der Waals surface area contributed by atoms with Crippen LogP contribution in [0.3, 0.4) is 0 Å². The van der Waals surface area contributed by atoms with Crippen LogP contribution < -0.4 is 5.32 Å². The summed E-state index contributed by atoms with van der Waals surface area (Å²) in [5.41, 5.74) is 1.73. The summed E-state index contributed by atoms with van der Waals surface area (Å²) in [5.74, 6) is 0.731. The summed E-state index contributed by atoms with van der Waals surface area (Å²) < 4.78 is 27.7. The van der Waals surface area contributed by atoms with Crippen molar-refractivity contribution in [2.24, 2.45) is 0 Å². The second-order valence-corrected chi connectivity index (χ2v) is 8.89.